The summed E-state index contributed by atoms with van der Waals surface area (Å²) in [6.07, 6.45) is 6.23. The van der Waals surface area contributed by atoms with Crippen molar-refractivity contribution in [2.45, 2.75) is 43.3 Å². The summed E-state index contributed by atoms with van der Waals surface area (Å²) < 4.78 is 0.331. The van der Waals surface area contributed by atoms with Crippen LogP contribution in [0.15, 0.2) is 29.4 Å². The van der Waals surface area contributed by atoms with E-state index in [0.717, 1.165) is 0 Å². The second-order valence-electron chi connectivity index (χ2n) is 3.80. The number of aromatic nitrogens is 1. The summed E-state index contributed by atoms with van der Waals surface area (Å²) in [4.78, 5) is 5.37. The van der Waals surface area contributed by atoms with Gasteiger partial charge in [0.05, 0.1) is 0 Å². The molecular weight excluding hydrogens is 178 g/mol. The highest BCUT2D eigenvalue weighted by Crippen LogP contribution is 2.35. The van der Waals surface area contributed by atoms with E-state index in [-0.39, 0.29) is 0 Å². The first-order valence-electron chi connectivity index (χ1n) is 4.73. The number of rotatable bonds is 4. The summed E-state index contributed by atoms with van der Waals surface area (Å²) in [5, 5.41) is 0. The molecule has 72 valence electrons. The molecule has 1 aromatic rings. The number of nitrogens with zero attached hydrogens (tertiary/aromatic N) is 1. The third kappa shape index (κ3) is 3.81. The van der Waals surface area contributed by atoms with Crippen molar-refractivity contribution >= 4 is 11.8 Å². The van der Waals surface area contributed by atoms with E-state index in [4.69, 9.17) is 0 Å². The smallest absolute Gasteiger partial charge is 0.0404 e. The maximum absolute atomic E-state index is 4.11. The van der Waals surface area contributed by atoms with Gasteiger partial charge in [0.25, 0.3) is 0 Å². The highest BCUT2D eigenvalue weighted by atomic mass is 32.2. The Hall–Kier alpha value is -0.500. The predicted octanol–water partition coefficient (Wildman–Crippen LogP) is 3.75. The Morgan fingerprint density at radius 3 is 2.77 bits per heavy atom. The summed E-state index contributed by atoms with van der Waals surface area (Å²) in [7, 11) is 0. The van der Waals surface area contributed by atoms with E-state index in [9.17, 15) is 0 Å². The van der Waals surface area contributed by atoms with Gasteiger partial charge >= 0.3 is 0 Å². The van der Waals surface area contributed by atoms with Gasteiger partial charge in [0.1, 0.15) is 0 Å². The zero-order valence-electron chi connectivity index (χ0n) is 8.58. The fourth-order valence-corrected chi connectivity index (χ4v) is 2.58. The molecule has 0 amide bonds. The maximum Gasteiger partial charge on any atom is 0.0404 e. The normalized spacial score (nSPS) is 11.6. The molecule has 0 bridgehead atoms. The Morgan fingerprint density at radius 1 is 1.46 bits per heavy atom. The lowest BCUT2D eigenvalue weighted by Gasteiger charge is -2.22. The Labute approximate surface area is 85.0 Å². The Bertz CT molecular complexity index is 244. The van der Waals surface area contributed by atoms with Gasteiger partial charge in [-0.3, -0.25) is 4.98 Å². The van der Waals surface area contributed by atoms with Gasteiger partial charge in [-0.15, -0.1) is 11.8 Å². The van der Waals surface area contributed by atoms with Crippen LogP contribution >= 0.6 is 11.8 Å². The lowest BCUT2D eigenvalue weighted by atomic mass is 10.1. The van der Waals surface area contributed by atoms with Gasteiger partial charge in [-0.25, -0.2) is 0 Å². The highest BCUT2D eigenvalue weighted by Gasteiger charge is 2.17. The van der Waals surface area contributed by atoms with Gasteiger partial charge in [0.15, 0.2) is 0 Å². The van der Waals surface area contributed by atoms with E-state index in [1.54, 1.807) is 0 Å². The van der Waals surface area contributed by atoms with Crippen LogP contribution < -0.4 is 0 Å². The van der Waals surface area contributed by atoms with Gasteiger partial charge in [-0.05, 0) is 18.6 Å². The first-order chi connectivity index (χ1) is 6.14. The van der Waals surface area contributed by atoms with Gasteiger partial charge < -0.3 is 0 Å². The molecule has 0 saturated heterocycles. The van der Waals surface area contributed by atoms with Crippen LogP contribution in [0.4, 0.5) is 0 Å². The average molecular weight is 195 g/mol. The second kappa shape index (κ2) is 4.66. The van der Waals surface area contributed by atoms with Crippen LogP contribution in [0.1, 0.15) is 33.6 Å². The zero-order chi connectivity index (χ0) is 9.73. The Balaban J connectivity index is 2.58. The summed E-state index contributed by atoms with van der Waals surface area (Å²) in [5.41, 5.74) is 0. The molecule has 0 aliphatic rings. The minimum Gasteiger partial charge on any atom is -0.264 e. The average Bonchev–Trinajstić information content (AvgIpc) is 2.04. The third-order valence-corrected chi connectivity index (χ3v) is 3.11. The molecule has 0 atom stereocenters. The minimum absolute atomic E-state index is 0.331. The first-order valence-corrected chi connectivity index (χ1v) is 5.55. The largest absolute Gasteiger partial charge is 0.264 e. The number of pyridine rings is 1. The molecule has 1 heterocycles. The quantitative estimate of drug-likeness (QED) is 0.679. The Morgan fingerprint density at radius 2 is 2.23 bits per heavy atom. The van der Waals surface area contributed by atoms with Crippen molar-refractivity contribution in [2.24, 2.45) is 0 Å². The van der Waals surface area contributed by atoms with E-state index in [0.29, 0.717) is 4.75 Å². The summed E-state index contributed by atoms with van der Waals surface area (Å²) in [6.45, 7) is 6.80. The van der Waals surface area contributed by atoms with Crippen molar-refractivity contribution in [3.63, 3.8) is 0 Å². The number of hydrogen-bond donors (Lipinski definition) is 0. The van der Waals surface area contributed by atoms with Crippen molar-refractivity contribution in [3.8, 4) is 0 Å². The first kappa shape index (κ1) is 10.6. The summed E-state index contributed by atoms with van der Waals surface area (Å²) >= 11 is 1.91. The lowest BCUT2D eigenvalue weighted by molar-refractivity contribution is 0.626. The van der Waals surface area contributed by atoms with Crippen molar-refractivity contribution in [2.75, 3.05) is 0 Å². The van der Waals surface area contributed by atoms with E-state index in [1.807, 2.05) is 30.2 Å². The van der Waals surface area contributed by atoms with Crippen LogP contribution in [0.2, 0.25) is 0 Å². The predicted molar refractivity (Wildman–Crippen MR) is 59.1 cm³/mol. The van der Waals surface area contributed by atoms with Crippen LogP contribution in [0.3, 0.4) is 0 Å². The SMILES string of the molecule is CCCC(C)(C)Sc1cccnc1. The fraction of sp³-hybridized carbons (Fsp3) is 0.545. The molecule has 0 aliphatic carbocycles. The molecular formula is C11H17NS. The zero-order valence-corrected chi connectivity index (χ0v) is 9.40. The molecule has 0 aliphatic heterocycles. The van der Waals surface area contributed by atoms with Gasteiger partial charge in [0.2, 0.25) is 0 Å². The van der Waals surface area contributed by atoms with Gasteiger partial charge in [0, 0.05) is 22.0 Å². The highest BCUT2D eigenvalue weighted by molar-refractivity contribution is 8.00. The van der Waals surface area contributed by atoms with E-state index < -0.39 is 0 Å². The Kier molecular flexibility index (Phi) is 3.79. The van der Waals surface area contributed by atoms with Crippen LogP contribution in [0, 0.1) is 0 Å². The molecule has 0 spiro atoms. The summed E-state index contributed by atoms with van der Waals surface area (Å²) in [6, 6.07) is 4.11. The molecule has 0 fully saturated rings. The number of thioether (sulfide) groups is 1. The number of hydrogen-bond acceptors (Lipinski definition) is 2. The van der Waals surface area contributed by atoms with Crippen molar-refractivity contribution in [1.29, 1.82) is 0 Å². The van der Waals surface area contributed by atoms with Crippen molar-refractivity contribution in [1.82, 2.24) is 4.98 Å². The molecule has 0 aromatic carbocycles. The van der Waals surface area contributed by atoms with Gasteiger partial charge in [-0.2, -0.15) is 0 Å². The van der Waals surface area contributed by atoms with Crippen LogP contribution in [0.5, 0.6) is 0 Å². The molecule has 13 heavy (non-hydrogen) atoms. The monoisotopic (exact) mass is 195 g/mol. The second-order valence-corrected chi connectivity index (χ2v) is 5.58. The molecule has 0 saturated carbocycles. The fourth-order valence-electron chi connectivity index (χ4n) is 1.38. The lowest BCUT2D eigenvalue weighted by Crippen LogP contribution is -2.13. The van der Waals surface area contributed by atoms with E-state index in [1.165, 1.54) is 17.7 Å². The van der Waals surface area contributed by atoms with Crippen LogP contribution in [0.25, 0.3) is 0 Å². The molecule has 1 aromatic heterocycles. The topological polar surface area (TPSA) is 12.9 Å². The van der Waals surface area contributed by atoms with Crippen LogP contribution in [-0.4, -0.2) is 9.73 Å². The van der Waals surface area contributed by atoms with Gasteiger partial charge in [-0.1, -0.05) is 27.2 Å². The molecule has 0 N–H and O–H groups in total. The summed E-state index contributed by atoms with van der Waals surface area (Å²) in [5.74, 6) is 0. The standard InChI is InChI=1S/C11H17NS/c1-4-7-11(2,3)13-10-6-5-8-12-9-10/h5-6,8-9H,4,7H2,1-3H3. The molecule has 1 nitrogen and oxygen atoms in total. The van der Waals surface area contributed by atoms with Crippen molar-refractivity contribution < 1.29 is 0 Å². The minimum atomic E-state index is 0.331. The van der Waals surface area contributed by atoms with Crippen LogP contribution in [-0.2, 0) is 0 Å². The third-order valence-electron chi connectivity index (χ3n) is 1.88. The van der Waals surface area contributed by atoms with Crippen molar-refractivity contribution in [3.05, 3.63) is 24.5 Å². The van der Waals surface area contributed by atoms with E-state index in [2.05, 4.69) is 31.8 Å². The molecule has 0 unspecified atom stereocenters. The molecule has 2 heteroatoms. The van der Waals surface area contributed by atoms with E-state index >= 15 is 0 Å². The molecule has 1 rings (SSSR count). The maximum atomic E-state index is 4.11. The molecule has 0 radical (unpaired) electrons.